The highest BCUT2D eigenvalue weighted by atomic mass is 19.1. The molecule has 1 N–H and O–H groups in total. The van der Waals surface area contributed by atoms with E-state index in [2.05, 4.69) is 0 Å². The molecule has 1 atom stereocenters. The Labute approximate surface area is 132 Å². The second kappa shape index (κ2) is 5.87. The molecule has 1 aliphatic rings. The lowest BCUT2D eigenvalue weighted by Crippen LogP contribution is -2.44. The van der Waals surface area contributed by atoms with Crippen LogP contribution in [0.5, 0.6) is 0 Å². The number of hydrogen-bond acceptors (Lipinski definition) is 3. The van der Waals surface area contributed by atoms with Crippen molar-refractivity contribution in [2.45, 2.75) is 31.8 Å². The van der Waals surface area contributed by atoms with Crippen LogP contribution in [0.15, 0.2) is 40.8 Å². The first-order valence-corrected chi connectivity index (χ1v) is 7.39. The largest absolute Gasteiger partial charge is 0.480 e. The molecule has 5 nitrogen and oxygen atoms in total. The molecule has 1 heterocycles. The van der Waals surface area contributed by atoms with Crippen molar-refractivity contribution in [1.82, 2.24) is 4.90 Å². The second-order valence-electron chi connectivity index (χ2n) is 5.60. The Morgan fingerprint density at radius 2 is 1.96 bits per heavy atom. The zero-order valence-electron chi connectivity index (χ0n) is 12.5. The quantitative estimate of drug-likeness (QED) is 0.919. The van der Waals surface area contributed by atoms with E-state index in [0.717, 1.165) is 12.8 Å². The normalized spacial score (nSPS) is 15.2. The number of amides is 1. The number of aliphatic carboxylic acids is 1. The molecule has 1 saturated carbocycles. The number of carbonyl (C=O) groups is 2. The fraction of sp³-hybridized carbons (Fsp3) is 0.294. The molecule has 23 heavy (non-hydrogen) atoms. The van der Waals surface area contributed by atoms with Gasteiger partial charge in [0.15, 0.2) is 5.76 Å². The van der Waals surface area contributed by atoms with Gasteiger partial charge in [-0.3, -0.25) is 4.79 Å². The summed E-state index contributed by atoms with van der Waals surface area (Å²) < 4.78 is 19.3. The van der Waals surface area contributed by atoms with Crippen LogP contribution in [0.25, 0.3) is 11.3 Å². The molecule has 3 rings (SSSR count). The van der Waals surface area contributed by atoms with Crippen molar-refractivity contribution in [3.8, 4) is 11.3 Å². The van der Waals surface area contributed by atoms with Crippen LogP contribution in [0.1, 0.15) is 30.3 Å². The molecule has 0 spiro atoms. The molecule has 1 aliphatic carbocycles. The summed E-state index contributed by atoms with van der Waals surface area (Å²) in [6, 6.07) is 8.06. The van der Waals surface area contributed by atoms with E-state index >= 15 is 0 Å². The Morgan fingerprint density at radius 3 is 2.57 bits per heavy atom. The molecular weight excluding hydrogens is 301 g/mol. The minimum absolute atomic E-state index is 0.0169. The van der Waals surface area contributed by atoms with Crippen LogP contribution in [-0.4, -0.2) is 34.0 Å². The molecule has 2 aromatic rings. The van der Waals surface area contributed by atoms with E-state index < -0.39 is 23.7 Å². The fourth-order valence-corrected chi connectivity index (χ4v) is 2.52. The van der Waals surface area contributed by atoms with Crippen molar-refractivity contribution >= 4 is 11.9 Å². The lowest BCUT2D eigenvalue weighted by atomic mass is 10.1. The fourth-order valence-electron chi connectivity index (χ4n) is 2.52. The summed E-state index contributed by atoms with van der Waals surface area (Å²) in [4.78, 5) is 25.1. The maximum atomic E-state index is 13.8. The van der Waals surface area contributed by atoms with Crippen LogP contribution in [-0.2, 0) is 4.79 Å². The highest BCUT2D eigenvalue weighted by Gasteiger charge is 2.39. The van der Waals surface area contributed by atoms with Crippen LogP contribution < -0.4 is 0 Å². The van der Waals surface area contributed by atoms with E-state index in [-0.39, 0.29) is 23.1 Å². The van der Waals surface area contributed by atoms with Crippen LogP contribution in [0.4, 0.5) is 4.39 Å². The highest BCUT2D eigenvalue weighted by Crippen LogP contribution is 2.32. The van der Waals surface area contributed by atoms with Crippen molar-refractivity contribution < 1.29 is 23.5 Å². The minimum atomic E-state index is -1.06. The van der Waals surface area contributed by atoms with Gasteiger partial charge in [0, 0.05) is 6.04 Å². The third-order valence-electron chi connectivity index (χ3n) is 3.91. The molecule has 1 fully saturated rings. The Kier molecular flexibility index (Phi) is 3.90. The maximum absolute atomic E-state index is 13.8. The standard InChI is InChI=1S/C17H16FNO4/c1-10(17(21)22)19(11-6-7-11)16(20)15-9-8-14(23-15)12-4-2-3-5-13(12)18/h2-5,8-11H,6-7H2,1H3,(H,21,22). The molecular formula is C17H16FNO4. The van der Waals surface area contributed by atoms with Crippen molar-refractivity contribution in [3.63, 3.8) is 0 Å². The predicted octanol–water partition coefficient (Wildman–Crippen LogP) is 3.16. The number of halogens is 1. The van der Waals surface area contributed by atoms with Gasteiger partial charge in [-0.05, 0) is 44.0 Å². The van der Waals surface area contributed by atoms with E-state index in [9.17, 15) is 19.1 Å². The smallest absolute Gasteiger partial charge is 0.326 e. The molecule has 6 heteroatoms. The summed E-state index contributed by atoms with van der Waals surface area (Å²) in [5.74, 6) is -1.73. The Hall–Kier alpha value is -2.63. The molecule has 0 saturated heterocycles. The molecule has 1 unspecified atom stereocenters. The summed E-state index contributed by atoms with van der Waals surface area (Å²) in [6.45, 7) is 1.47. The molecule has 0 aliphatic heterocycles. The zero-order valence-corrected chi connectivity index (χ0v) is 12.5. The minimum Gasteiger partial charge on any atom is -0.480 e. The van der Waals surface area contributed by atoms with Gasteiger partial charge in [0.05, 0.1) is 5.56 Å². The van der Waals surface area contributed by atoms with Gasteiger partial charge in [-0.2, -0.15) is 0 Å². The van der Waals surface area contributed by atoms with E-state index in [1.54, 1.807) is 18.2 Å². The lowest BCUT2D eigenvalue weighted by molar-refractivity contribution is -0.141. The summed E-state index contributed by atoms with van der Waals surface area (Å²) in [5.41, 5.74) is 0.260. The monoisotopic (exact) mass is 317 g/mol. The third-order valence-corrected chi connectivity index (χ3v) is 3.91. The number of carboxylic acid groups (broad SMARTS) is 1. The number of nitrogens with zero attached hydrogens (tertiary/aromatic N) is 1. The zero-order chi connectivity index (χ0) is 16.6. The molecule has 120 valence electrons. The average Bonchev–Trinajstić information content (AvgIpc) is 3.23. The van der Waals surface area contributed by atoms with Gasteiger partial charge in [-0.1, -0.05) is 12.1 Å². The lowest BCUT2D eigenvalue weighted by Gasteiger charge is -2.25. The summed E-state index contributed by atoms with van der Waals surface area (Å²) in [7, 11) is 0. The van der Waals surface area contributed by atoms with E-state index in [4.69, 9.17) is 4.42 Å². The molecule has 0 bridgehead atoms. The van der Waals surface area contributed by atoms with Gasteiger partial charge in [0.1, 0.15) is 17.6 Å². The number of rotatable bonds is 5. The van der Waals surface area contributed by atoms with Crippen LogP contribution >= 0.6 is 0 Å². The number of carbonyl (C=O) groups excluding carboxylic acids is 1. The van der Waals surface area contributed by atoms with E-state index in [1.165, 1.54) is 30.0 Å². The Bertz CT molecular complexity index is 751. The van der Waals surface area contributed by atoms with Gasteiger partial charge >= 0.3 is 5.97 Å². The van der Waals surface area contributed by atoms with Crippen LogP contribution in [0.2, 0.25) is 0 Å². The molecule has 1 amide bonds. The van der Waals surface area contributed by atoms with Crippen molar-refractivity contribution in [2.24, 2.45) is 0 Å². The van der Waals surface area contributed by atoms with Gasteiger partial charge in [-0.15, -0.1) is 0 Å². The highest BCUT2D eigenvalue weighted by molar-refractivity contribution is 5.95. The van der Waals surface area contributed by atoms with Crippen LogP contribution in [0, 0.1) is 5.82 Å². The maximum Gasteiger partial charge on any atom is 0.326 e. The van der Waals surface area contributed by atoms with Crippen molar-refractivity contribution in [1.29, 1.82) is 0 Å². The van der Waals surface area contributed by atoms with Gasteiger partial charge in [0.25, 0.3) is 5.91 Å². The third kappa shape index (κ3) is 2.97. The Balaban J connectivity index is 1.88. The summed E-state index contributed by atoms with van der Waals surface area (Å²) in [6.07, 6.45) is 1.56. The summed E-state index contributed by atoms with van der Waals surface area (Å²) >= 11 is 0. The first kappa shape index (κ1) is 15.3. The van der Waals surface area contributed by atoms with E-state index in [0.29, 0.717) is 0 Å². The summed E-state index contributed by atoms with van der Waals surface area (Å²) in [5, 5.41) is 9.17. The van der Waals surface area contributed by atoms with Gasteiger partial charge in [0.2, 0.25) is 0 Å². The Morgan fingerprint density at radius 1 is 1.26 bits per heavy atom. The number of furan rings is 1. The van der Waals surface area contributed by atoms with Crippen molar-refractivity contribution in [2.75, 3.05) is 0 Å². The first-order chi connectivity index (χ1) is 11.0. The molecule has 1 aromatic carbocycles. The molecule has 1 aromatic heterocycles. The topological polar surface area (TPSA) is 70.8 Å². The predicted molar refractivity (Wildman–Crippen MR) is 80.4 cm³/mol. The van der Waals surface area contributed by atoms with Crippen molar-refractivity contribution in [3.05, 3.63) is 48.0 Å². The molecule has 0 radical (unpaired) electrons. The van der Waals surface area contributed by atoms with E-state index in [1.807, 2.05) is 0 Å². The number of benzene rings is 1. The van der Waals surface area contributed by atoms with Gasteiger partial charge in [-0.25, -0.2) is 9.18 Å². The average molecular weight is 317 g/mol. The number of hydrogen-bond donors (Lipinski definition) is 1. The van der Waals surface area contributed by atoms with Gasteiger partial charge < -0.3 is 14.4 Å². The SMILES string of the molecule is CC(C(=O)O)N(C(=O)c1ccc(-c2ccccc2F)o1)C1CC1. The number of carboxylic acids is 1. The van der Waals surface area contributed by atoms with Crippen LogP contribution in [0.3, 0.4) is 0 Å². The first-order valence-electron chi connectivity index (χ1n) is 7.39. The second-order valence-corrected chi connectivity index (χ2v) is 5.60.